The number of alkyl carbamates (subject to hydrolysis) is 1. The van der Waals surface area contributed by atoms with E-state index in [0.29, 0.717) is 51.5 Å². The van der Waals surface area contributed by atoms with E-state index in [1.54, 1.807) is 0 Å². The van der Waals surface area contributed by atoms with E-state index in [1.165, 1.54) is 11.1 Å². The van der Waals surface area contributed by atoms with Crippen LogP contribution in [0.3, 0.4) is 0 Å². The summed E-state index contributed by atoms with van der Waals surface area (Å²) in [5.41, 5.74) is 1.97. The smallest absolute Gasteiger partial charge is 0.407 e. The average molecular weight is 545 g/mol. The third-order valence-electron chi connectivity index (χ3n) is 4.44. The first-order chi connectivity index (χ1) is 14.3. The lowest BCUT2D eigenvalue weighted by molar-refractivity contribution is -0.131. The van der Waals surface area contributed by atoms with Crippen molar-refractivity contribution in [3.05, 3.63) is 35.4 Å². The standard InChI is InChI=1S/C22H35N5O3.HI/c1-5-23-20(25-13-14-26-21(29)30-22(2,3)4)24-12-8-11-19(28)27-15-17-9-6-7-10-18(17)16-27;/h6-7,9-10H,5,8,11-16H2,1-4H3,(H,26,29)(H2,23,24,25);1H. The molecule has 174 valence electrons. The molecule has 1 aromatic carbocycles. The molecular weight excluding hydrogens is 509 g/mol. The van der Waals surface area contributed by atoms with Crippen LogP contribution in [0.1, 0.15) is 51.7 Å². The van der Waals surface area contributed by atoms with Crippen LogP contribution in [0.4, 0.5) is 4.79 Å². The first-order valence-corrected chi connectivity index (χ1v) is 10.6. The number of amides is 2. The highest BCUT2D eigenvalue weighted by Crippen LogP contribution is 2.22. The zero-order chi connectivity index (χ0) is 22.0. The molecule has 0 spiro atoms. The maximum absolute atomic E-state index is 12.5. The van der Waals surface area contributed by atoms with Crippen LogP contribution in [0.5, 0.6) is 0 Å². The second kappa shape index (κ2) is 13.4. The van der Waals surface area contributed by atoms with Gasteiger partial charge < -0.3 is 25.6 Å². The molecule has 2 amide bonds. The Hall–Kier alpha value is -2.04. The van der Waals surface area contributed by atoms with Gasteiger partial charge in [-0.3, -0.25) is 9.79 Å². The van der Waals surface area contributed by atoms with Crippen LogP contribution in [-0.2, 0) is 22.6 Å². The molecule has 0 radical (unpaired) electrons. The monoisotopic (exact) mass is 545 g/mol. The van der Waals surface area contributed by atoms with Crippen LogP contribution in [0.15, 0.2) is 29.3 Å². The van der Waals surface area contributed by atoms with Crippen molar-refractivity contribution in [1.82, 2.24) is 20.9 Å². The van der Waals surface area contributed by atoms with E-state index < -0.39 is 11.7 Å². The lowest BCUT2D eigenvalue weighted by atomic mass is 10.1. The summed E-state index contributed by atoms with van der Waals surface area (Å²) in [5, 5.41) is 9.03. The zero-order valence-electron chi connectivity index (χ0n) is 19.0. The number of carbonyl (C=O) groups is 2. The molecule has 0 saturated carbocycles. The summed E-state index contributed by atoms with van der Waals surface area (Å²) in [6, 6.07) is 8.19. The summed E-state index contributed by atoms with van der Waals surface area (Å²) in [5.74, 6) is 0.838. The summed E-state index contributed by atoms with van der Waals surface area (Å²) in [4.78, 5) is 30.5. The van der Waals surface area contributed by atoms with Crippen LogP contribution >= 0.6 is 24.0 Å². The minimum absolute atomic E-state index is 0. The maximum atomic E-state index is 12.5. The molecule has 0 aromatic heterocycles. The number of benzene rings is 1. The molecule has 1 aliphatic rings. The van der Waals surface area contributed by atoms with Crippen molar-refractivity contribution < 1.29 is 14.3 Å². The van der Waals surface area contributed by atoms with E-state index >= 15 is 0 Å². The minimum atomic E-state index is -0.511. The van der Waals surface area contributed by atoms with E-state index in [9.17, 15) is 9.59 Å². The third kappa shape index (κ3) is 10.2. The van der Waals surface area contributed by atoms with Gasteiger partial charge >= 0.3 is 6.09 Å². The lowest BCUT2D eigenvalue weighted by Crippen LogP contribution is -2.42. The maximum Gasteiger partial charge on any atom is 0.407 e. The molecular formula is C22H36IN5O3. The Morgan fingerprint density at radius 1 is 1.06 bits per heavy atom. The number of halogens is 1. The second-order valence-electron chi connectivity index (χ2n) is 8.24. The zero-order valence-corrected chi connectivity index (χ0v) is 21.3. The summed E-state index contributed by atoms with van der Waals surface area (Å²) < 4.78 is 5.20. The third-order valence-corrected chi connectivity index (χ3v) is 4.44. The Bertz CT molecular complexity index is 724. The van der Waals surface area contributed by atoms with Gasteiger partial charge in [-0.15, -0.1) is 24.0 Å². The normalized spacial score (nSPS) is 13.2. The highest BCUT2D eigenvalue weighted by Gasteiger charge is 2.22. The van der Waals surface area contributed by atoms with Crippen molar-refractivity contribution in [2.75, 3.05) is 26.2 Å². The first-order valence-electron chi connectivity index (χ1n) is 10.6. The molecule has 3 N–H and O–H groups in total. The van der Waals surface area contributed by atoms with Crippen molar-refractivity contribution in [1.29, 1.82) is 0 Å². The van der Waals surface area contributed by atoms with Crippen molar-refractivity contribution in [2.45, 2.75) is 59.2 Å². The van der Waals surface area contributed by atoms with Crippen LogP contribution in [0.2, 0.25) is 0 Å². The van der Waals surface area contributed by atoms with E-state index in [2.05, 4.69) is 33.1 Å². The van der Waals surface area contributed by atoms with E-state index in [1.807, 2.05) is 44.7 Å². The number of rotatable bonds is 8. The molecule has 0 aliphatic carbocycles. The fraction of sp³-hybridized carbons (Fsp3) is 0.591. The fourth-order valence-electron chi connectivity index (χ4n) is 3.09. The number of carbonyl (C=O) groups excluding carboxylic acids is 2. The number of hydrogen-bond donors (Lipinski definition) is 3. The van der Waals surface area contributed by atoms with Crippen molar-refractivity contribution in [3.8, 4) is 0 Å². The van der Waals surface area contributed by atoms with Gasteiger partial charge in [0.05, 0.1) is 0 Å². The van der Waals surface area contributed by atoms with Crippen molar-refractivity contribution in [2.24, 2.45) is 4.99 Å². The summed E-state index contributed by atoms with van der Waals surface area (Å²) in [6.45, 7) is 11.1. The molecule has 31 heavy (non-hydrogen) atoms. The van der Waals surface area contributed by atoms with Gasteiger partial charge in [0, 0.05) is 45.7 Å². The largest absolute Gasteiger partial charge is 0.444 e. The van der Waals surface area contributed by atoms with Gasteiger partial charge in [-0.1, -0.05) is 24.3 Å². The Balaban J connectivity index is 0.00000480. The number of fused-ring (bicyclic) bond motifs is 1. The van der Waals surface area contributed by atoms with Crippen molar-refractivity contribution in [3.63, 3.8) is 0 Å². The van der Waals surface area contributed by atoms with Crippen LogP contribution in [-0.4, -0.2) is 54.6 Å². The molecule has 1 heterocycles. The molecule has 1 aliphatic heterocycles. The van der Waals surface area contributed by atoms with Gasteiger partial charge in [-0.2, -0.15) is 0 Å². The number of nitrogens with one attached hydrogen (secondary N) is 3. The number of guanidine groups is 1. The molecule has 0 unspecified atom stereocenters. The van der Waals surface area contributed by atoms with Crippen LogP contribution < -0.4 is 16.0 Å². The molecule has 2 rings (SSSR count). The molecule has 0 atom stereocenters. The van der Waals surface area contributed by atoms with Gasteiger partial charge in [-0.05, 0) is 45.2 Å². The molecule has 1 aromatic rings. The van der Waals surface area contributed by atoms with E-state index in [0.717, 1.165) is 6.54 Å². The summed E-state index contributed by atoms with van der Waals surface area (Å²) >= 11 is 0. The highest BCUT2D eigenvalue weighted by molar-refractivity contribution is 14.0. The molecule has 0 saturated heterocycles. The number of hydrogen-bond acceptors (Lipinski definition) is 4. The van der Waals surface area contributed by atoms with E-state index in [-0.39, 0.29) is 29.9 Å². The molecule has 0 fully saturated rings. The fourth-order valence-corrected chi connectivity index (χ4v) is 3.09. The van der Waals surface area contributed by atoms with Crippen LogP contribution in [0, 0.1) is 0 Å². The van der Waals surface area contributed by atoms with Crippen LogP contribution in [0.25, 0.3) is 0 Å². The first kappa shape index (κ1) is 27.0. The van der Waals surface area contributed by atoms with Crippen molar-refractivity contribution >= 4 is 41.9 Å². The second-order valence-corrected chi connectivity index (χ2v) is 8.24. The van der Waals surface area contributed by atoms with Gasteiger partial charge in [0.2, 0.25) is 5.91 Å². The minimum Gasteiger partial charge on any atom is -0.444 e. The quantitative estimate of drug-likeness (QED) is 0.202. The molecule has 8 nitrogen and oxygen atoms in total. The Morgan fingerprint density at radius 3 is 2.26 bits per heavy atom. The predicted molar refractivity (Wildman–Crippen MR) is 134 cm³/mol. The van der Waals surface area contributed by atoms with Gasteiger partial charge in [0.1, 0.15) is 5.60 Å². The van der Waals surface area contributed by atoms with E-state index in [4.69, 9.17) is 4.74 Å². The molecule has 0 bridgehead atoms. The number of aliphatic imine (C=N–C) groups is 1. The van der Waals surface area contributed by atoms with Gasteiger partial charge in [-0.25, -0.2) is 4.79 Å². The average Bonchev–Trinajstić information content (AvgIpc) is 3.11. The summed E-state index contributed by atoms with van der Waals surface area (Å²) in [6.07, 6.45) is 0.740. The number of nitrogens with zero attached hydrogens (tertiary/aromatic N) is 2. The van der Waals surface area contributed by atoms with Gasteiger partial charge in [0.25, 0.3) is 0 Å². The summed E-state index contributed by atoms with van der Waals surface area (Å²) in [7, 11) is 0. The number of ether oxygens (including phenoxy) is 1. The Morgan fingerprint density at radius 2 is 1.68 bits per heavy atom. The SMILES string of the molecule is CCNC(=NCCCC(=O)N1Cc2ccccc2C1)NCCNC(=O)OC(C)(C)C.I. The van der Waals surface area contributed by atoms with Gasteiger partial charge in [0.15, 0.2) is 5.96 Å². The Kier molecular flexibility index (Phi) is 11.7. The Labute approximate surface area is 202 Å². The predicted octanol–water partition coefficient (Wildman–Crippen LogP) is 3.01. The molecule has 9 heteroatoms. The highest BCUT2D eigenvalue weighted by atomic mass is 127. The topological polar surface area (TPSA) is 95.1 Å². The lowest BCUT2D eigenvalue weighted by Gasteiger charge is -2.20.